The molecule has 110 valence electrons. The fourth-order valence-electron chi connectivity index (χ4n) is 2.54. The molecule has 0 atom stereocenters. The molecule has 0 bridgehead atoms. The molecule has 0 unspecified atom stereocenters. The Kier molecular flexibility index (Phi) is 3.41. The quantitative estimate of drug-likeness (QED) is 0.732. The minimum atomic E-state index is -0.243. The average Bonchev–Trinajstić information content (AvgIpc) is 2.50. The van der Waals surface area contributed by atoms with E-state index in [1.54, 1.807) is 6.07 Å². The second-order valence-electron chi connectivity index (χ2n) is 5.71. The standard InChI is InChI=1S/C19H17NO2/c1-11-4-7-17-15(8-11)19(22)16(10-20-17)18(21)14-6-5-12(2)13(3)9-14/h4-10H,1-3H3,(H,20,22). The molecule has 1 N–H and O–H groups in total. The lowest BCUT2D eigenvalue weighted by Gasteiger charge is -2.06. The smallest absolute Gasteiger partial charge is 0.200 e. The number of H-pyrrole nitrogens is 1. The number of aromatic amines is 1. The molecule has 3 aromatic rings. The van der Waals surface area contributed by atoms with Crippen molar-refractivity contribution in [1.82, 2.24) is 4.98 Å². The van der Waals surface area contributed by atoms with Crippen molar-refractivity contribution in [2.24, 2.45) is 0 Å². The maximum absolute atomic E-state index is 12.6. The van der Waals surface area contributed by atoms with Crippen LogP contribution in [0.1, 0.15) is 32.6 Å². The van der Waals surface area contributed by atoms with Crippen LogP contribution in [0.4, 0.5) is 0 Å². The summed E-state index contributed by atoms with van der Waals surface area (Å²) >= 11 is 0. The third kappa shape index (κ3) is 2.35. The van der Waals surface area contributed by atoms with E-state index in [-0.39, 0.29) is 16.8 Å². The average molecular weight is 291 g/mol. The van der Waals surface area contributed by atoms with Crippen LogP contribution in [0.5, 0.6) is 0 Å². The van der Waals surface area contributed by atoms with E-state index in [2.05, 4.69) is 4.98 Å². The number of hydrogen-bond donors (Lipinski definition) is 1. The van der Waals surface area contributed by atoms with Crippen molar-refractivity contribution in [3.05, 3.63) is 80.6 Å². The Bertz CT molecular complexity index is 951. The van der Waals surface area contributed by atoms with Crippen molar-refractivity contribution in [1.29, 1.82) is 0 Å². The SMILES string of the molecule is Cc1ccc2[nH]cc(C(=O)c3ccc(C)c(C)c3)c(=O)c2c1. The van der Waals surface area contributed by atoms with Crippen molar-refractivity contribution in [3.63, 3.8) is 0 Å². The van der Waals surface area contributed by atoms with Gasteiger partial charge in [0.25, 0.3) is 0 Å². The second kappa shape index (κ2) is 5.26. The lowest BCUT2D eigenvalue weighted by Crippen LogP contribution is -2.17. The van der Waals surface area contributed by atoms with Crippen LogP contribution < -0.4 is 5.43 Å². The molecule has 1 aromatic heterocycles. The lowest BCUT2D eigenvalue weighted by atomic mass is 9.99. The van der Waals surface area contributed by atoms with E-state index < -0.39 is 0 Å². The Morgan fingerprint density at radius 3 is 2.45 bits per heavy atom. The maximum Gasteiger partial charge on any atom is 0.200 e. The number of rotatable bonds is 2. The molecular formula is C19H17NO2. The number of benzene rings is 2. The van der Waals surface area contributed by atoms with Gasteiger partial charge in [0, 0.05) is 22.7 Å². The van der Waals surface area contributed by atoms with Gasteiger partial charge in [-0.3, -0.25) is 9.59 Å². The van der Waals surface area contributed by atoms with Crippen molar-refractivity contribution in [2.45, 2.75) is 20.8 Å². The number of hydrogen-bond acceptors (Lipinski definition) is 2. The van der Waals surface area contributed by atoms with Gasteiger partial charge >= 0.3 is 0 Å². The number of nitrogens with one attached hydrogen (secondary N) is 1. The highest BCUT2D eigenvalue weighted by Gasteiger charge is 2.15. The first kappa shape index (κ1) is 14.3. The third-order valence-corrected chi connectivity index (χ3v) is 4.05. The molecule has 3 heteroatoms. The summed E-state index contributed by atoms with van der Waals surface area (Å²) in [5.41, 5.74) is 4.40. The maximum atomic E-state index is 12.6. The summed E-state index contributed by atoms with van der Waals surface area (Å²) in [6, 6.07) is 11.1. The van der Waals surface area contributed by atoms with Gasteiger partial charge in [-0.15, -0.1) is 0 Å². The fraction of sp³-hybridized carbons (Fsp3) is 0.158. The van der Waals surface area contributed by atoms with Crippen LogP contribution in [0, 0.1) is 20.8 Å². The fourth-order valence-corrected chi connectivity index (χ4v) is 2.54. The molecule has 0 aliphatic rings. The number of ketones is 1. The first-order chi connectivity index (χ1) is 10.5. The van der Waals surface area contributed by atoms with E-state index in [1.807, 2.05) is 51.1 Å². The van der Waals surface area contributed by atoms with Gasteiger partial charge in [0.1, 0.15) is 0 Å². The summed E-state index contributed by atoms with van der Waals surface area (Å²) in [7, 11) is 0. The summed E-state index contributed by atoms with van der Waals surface area (Å²) < 4.78 is 0. The van der Waals surface area contributed by atoms with E-state index in [1.165, 1.54) is 6.20 Å². The Labute approximate surface area is 128 Å². The topological polar surface area (TPSA) is 49.9 Å². The molecule has 0 aliphatic carbocycles. The molecule has 3 nitrogen and oxygen atoms in total. The van der Waals surface area contributed by atoms with Gasteiger partial charge in [-0.25, -0.2) is 0 Å². The molecule has 2 aromatic carbocycles. The number of aromatic nitrogens is 1. The van der Waals surface area contributed by atoms with Gasteiger partial charge in [-0.05, 0) is 50.1 Å². The molecule has 0 aliphatic heterocycles. The molecule has 3 rings (SSSR count). The molecular weight excluding hydrogens is 274 g/mol. The van der Waals surface area contributed by atoms with Gasteiger partial charge in [-0.2, -0.15) is 0 Å². The number of pyridine rings is 1. The van der Waals surface area contributed by atoms with E-state index >= 15 is 0 Å². The van der Waals surface area contributed by atoms with Gasteiger partial charge in [-0.1, -0.05) is 23.8 Å². The Hall–Kier alpha value is -2.68. The molecule has 0 fully saturated rings. The first-order valence-corrected chi connectivity index (χ1v) is 7.21. The Morgan fingerprint density at radius 2 is 1.73 bits per heavy atom. The number of aryl methyl sites for hydroxylation is 3. The van der Waals surface area contributed by atoms with Crippen molar-refractivity contribution >= 4 is 16.7 Å². The predicted molar refractivity (Wildman–Crippen MR) is 88.7 cm³/mol. The first-order valence-electron chi connectivity index (χ1n) is 7.21. The van der Waals surface area contributed by atoms with Crippen LogP contribution in [-0.4, -0.2) is 10.8 Å². The monoisotopic (exact) mass is 291 g/mol. The van der Waals surface area contributed by atoms with Gasteiger partial charge in [0.05, 0.1) is 5.56 Å². The molecule has 0 radical (unpaired) electrons. The highest BCUT2D eigenvalue weighted by molar-refractivity contribution is 6.10. The number of carbonyl (C=O) groups excluding carboxylic acids is 1. The summed E-state index contributed by atoms with van der Waals surface area (Å²) in [5.74, 6) is -0.243. The number of fused-ring (bicyclic) bond motifs is 1. The summed E-state index contributed by atoms with van der Waals surface area (Å²) in [4.78, 5) is 28.3. The van der Waals surface area contributed by atoms with E-state index in [0.717, 1.165) is 22.2 Å². The molecule has 0 saturated carbocycles. The van der Waals surface area contributed by atoms with Crippen LogP contribution in [-0.2, 0) is 0 Å². The summed E-state index contributed by atoms with van der Waals surface area (Å²) in [6.07, 6.45) is 1.51. The molecule has 0 amide bonds. The minimum absolute atomic E-state index is 0.182. The van der Waals surface area contributed by atoms with Crippen molar-refractivity contribution in [2.75, 3.05) is 0 Å². The number of carbonyl (C=O) groups is 1. The molecule has 0 saturated heterocycles. The lowest BCUT2D eigenvalue weighted by molar-refractivity contribution is 0.103. The summed E-state index contributed by atoms with van der Waals surface area (Å²) in [5, 5.41) is 0.551. The normalized spacial score (nSPS) is 10.9. The van der Waals surface area contributed by atoms with Gasteiger partial charge in [0.15, 0.2) is 5.78 Å². The van der Waals surface area contributed by atoms with Crippen LogP contribution in [0.2, 0.25) is 0 Å². The Balaban J connectivity index is 2.17. The van der Waals surface area contributed by atoms with E-state index in [0.29, 0.717) is 10.9 Å². The second-order valence-corrected chi connectivity index (χ2v) is 5.71. The minimum Gasteiger partial charge on any atom is -0.360 e. The van der Waals surface area contributed by atoms with Crippen molar-refractivity contribution < 1.29 is 4.79 Å². The van der Waals surface area contributed by atoms with Crippen LogP contribution >= 0.6 is 0 Å². The van der Waals surface area contributed by atoms with E-state index in [4.69, 9.17) is 0 Å². The van der Waals surface area contributed by atoms with Crippen molar-refractivity contribution in [3.8, 4) is 0 Å². The predicted octanol–water partition coefficient (Wildman–Crippen LogP) is 3.68. The van der Waals surface area contributed by atoms with Crippen LogP contribution in [0.15, 0.2) is 47.4 Å². The third-order valence-electron chi connectivity index (χ3n) is 4.05. The zero-order chi connectivity index (χ0) is 15.9. The van der Waals surface area contributed by atoms with Gasteiger partial charge in [0.2, 0.25) is 5.43 Å². The van der Waals surface area contributed by atoms with Crippen LogP contribution in [0.3, 0.4) is 0 Å². The van der Waals surface area contributed by atoms with Crippen LogP contribution in [0.25, 0.3) is 10.9 Å². The molecule has 22 heavy (non-hydrogen) atoms. The zero-order valence-electron chi connectivity index (χ0n) is 12.9. The van der Waals surface area contributed by atoms with Gasteiger partial charge < -0.3 is 4.98 Å². The highest BCUT2D eigenvalue weighted by Crippen LogP contribution is 2.15. The summed E-state index contributed by atoms with van der Waals surface area (Å²) in [6.45, 7) is 5.88. The molecule has 0 spiro atoms. The molecule has 1 heterocycles. The Morgan fingerprint density at radius 1 is 0.955 bits per heavy atom. The van der Waals surface area contributed by atoms with E-state index in [9.17, 15) is 9.59 Å². The zero-order valence-corrected chi connectivity index (χ0v) is 12.9. The largest absolute Gasteiger partial charge is 0.360 e. The highest BCUT2D eigenvalue weighted by atomic mass is 16.1.